The van der Waals surface area contributed by atoms with Gasteiger partial charge in [0.2, 0.25) is 5.91 Å². The lowest BCUT2D eigenvalue weighted by atomic mass is 10.2. The van der Waals surface area contributed by atoms with Crippen LogP contribution in [0.4, 0.5) is 5.69 Å². The maximum absolute atomic E-state index is 11.9. The summed E-state index contributed by atoms with van der Waals surface area (Å²) in [4.78, 5) is 16.1. The number of halogens is 1. The third kappa shape index (κ3) is 3.78. The number of carbonyl (C=O) groups excluding carboxylic acids is 1. The van der Waals surface area contributed by atoms with Crippen LogP contribution in [0.25, 0.3) is 0 Å². The van der Waals surface area contributed by atoms with E-state index in [-0.39, 0.29) is 12.3 Å². The minimum absolute atomic E-state index is 0.0811. The SMILES string of the molecule is COc1ccc(NC(=O)Cc2csc(C)n2)cc1Br. The van der Waals surface area contributed by atoms with Crippen LogP contribution < -0.4 is 10.1 Å². The van der Waals surface area contributed by atoms with Gasteiger partial charge < -0.3 is 10.1 Å². The molecule has 2 rings (SSSR count). The summed E-state index contributed by atoms with van der Waals surface area (Å²) in [6.07, 6.45) is 0.286. The molecule has 1 aromatic carbocycles. The number of nitrogens with zero attached hydrogens (tertiary/aromatic N) is 1. The Labute approximate surface area is 124 Å². The topological polar surface area (TPSA) is 51.2 Å². The molecular weight excluding hydrogens is 328 g/mol. The van der Waals surface area contributed by atoms with Crippen molar-refractivity contribution >= 4 is 38.9 Å². The molecule has 1 N–H and O–H groups in total. The number of amides is 1. The van der Waals surface area contributed by atoms with Gasteiger partial charge in [-0.25, -0.2) is 4.98 Å². The second kappa shape index (κ2) is 6.16. The molecule has 2 aromatic rings. The highest BCUT2D eigenvalue weighted by atomic mass is 79.9. The van der Waals surface area contributed by atoms with E-state index in [9.17, 15) is 4.79 Å². The molecule has 100 valence electrons. The Morgan fingerprint density at radius 3 is 2.89 bits per heavy atom. The van der Waals surface area contributed by atoms with Crippen molar-refractivity contribution in [3.05, 3.63) is 38.8 Å². The zero-order valence-electron chi connectivity index (χ0n) is 10.6. The van der Waals surface area contributed by atoms with Gasteiger partial charge in [-0.2, -0.15) is 0 Å². The molecular formula is C13H13BrN2O2S. The molecule has 1 heterocycles. The molecule has 0 aliphatic carbocycles. The Kier molecular flexibility index (Phi) is 4.55. The number of ether oxygens (including phenoxy) is 1. The first-order valence-electron chi connectivity index (χ1n) is 5.63. The normalized spacial score (nSPS) is 10.3. The van der Waals surface area contributed by atoms with Crippen LogP contribution in [-0.4, -0.2) is 18.0 Å². The number of thiazole rings is 1. The van der Waals surface area contributed by atoms with E-state index in [0.717, 1.165) is 26.6 Å². The quantitative estimate of drug-likeness (QED) is 0.927. The first-order valence-corrected chi connectivity index (χ1v) is 7.30. The predicted molar refractivity (Wildman–Crippen MR) is 79.9 cm³/mol. The smallest absolute Gasteiger partial charge is 0.230 e. The highest BCUT2D eigenvalue weighted by Gasteiger charge is 2.08. The lowest BCUT2D eigenvalue weighted by molar-refractivity contribution is -0.115. The van der Waals surface area contributed by atoms with Crippen molar-refractivity contribution in [1.29, 1.82) is 0 Å². The molecule has 19 heavy (non-hydrogen) atoms. The number of anilines is 1. The number of methoxy groups -OCH3 is 1. The van der Waals surface area contributed by atoms with Crippen LogP contribution in [0.15, 0.2) is 28.1 Å². The van der Waals surface area contributed by atoms with Gasteiger partial charge in [-0.1, -0.05) is 0 Å². The van der Waals surface area contributed by atoms with Crippen molar-refractivity contribution < 1.29 is 9.53 Å². The van der Waals surface area contributed by atoms with E-state index in [2.05, 4.69) is 26.2 Å². The number of nitrogens with one attached hydrogen (secondary N) is 1. The van der Waals surface area contributed by atoms with Crippen LogP contribution in [0.1, 0.15) is 10.7 Å². The highest BCUT2D eigenvalue weighted by Crippen LogP contribution is 2.27. The fourth-order valence-corrected chi connectivity index (χ4v) is 2.76. The number of rotatable bonds is 4. The van der Waals surface area contributed by atoms with Gasteiger partial charge in [0.25, 0.3) is 0 Å². The van der Waals surface area contributed by atoms with Crippen LogP contribution in [0.2, 0.25) is 0 Å². The molecule has 0 radical (unpaired) electrons. The zero-order chi connectivity index (χ0) is 13.8. The molecule has 1 aromatic heterocycles. The van der Waals surface area contributed by atoms with Crippen molar-refractivity contribution in [2.45, 2.75) is 13.3 Å². The maximum Gasteiger partial charge on any atom is 0.230 e. The van der Waals surface area contributed by atoms with Gasteiger partial charge in [0, 0.05) is 11.1 Å². The maximum atomic E-state index is 11.9. The summed E-state index contributed by atoms with van der Waals surface area (Å²) in [5.74, 6) is 0.649. The van der Waals surface area contributed by atoms with E-state index in [0.29, 0.717) is 0 Å². The van der Waals surface area contributed by atoms with Crippen molar-refractivity contribution in [2.75, 3.05) is 12.4 Å². The molecule has 4 nitrogen and oxygen atoms in total. The molecule has 0 fully saturated rings. The highest BCUT2D eigenvalue weighted by molar-refractivity contribution is 9.10. The second-order valence-corrected chi connectivity index (χ2v) is 5.85. The molecule has 0 aliphatic heterocycles. The van der Waals surface area contributed by atoms with E-state index >= 15 is 0 Å². The van der Waals surface area contributed by atoms with Gasteiger partial charge in [0.1, 0.15) is 5.75 Å². The minimum atomic E-state index is -0.0811. The molecule has 0 bridgehead atoms. The van der Waals surface area contributed by atoms with Crippen LogP contribution in [0, 0.1) is 6.92 Å². The van der Waals surface area contributed by atoms with Gasteiger partial charge in [-0.3, -0.25) is 4.79 Å². The molecule has 0 unspecified atom stereocenters. The first-order chi connectivity index (χ1) is 9.08. The lowest BCUT2D eigenvalue weighted by Gasteiger charge is -2.07. The fourth-order valence-electron chi connectivity index (χ4n) is 1.60. The Bertz CT molecular complexity index is 598. The summed E-state index contributed by atoms with van der Waals surface area (Å²) in [7, 11) is 1.60. The Morgan fingerprint density at radius 1 is 1.53 bits per heavy atom. The summed E-state index contributed by atoms with van der Waals surface area (Å²) < 4.78 is 5.94. The molecule has 0 spiro atoms. The summed E-state index contributed by atoms with van der Waals surface area (Å²) in [5, 5.41) is 5.70. The summed E-state index contributed by atoms with van der Waals surface area (Å²) in [6, 6.07) is 5.41. The van der Waals surface area contributed by atoms with Gasteiger partial charge in [0.15, 0.2) is 0 Å². The lowest BCUT2D eigenvalue weighted by Crippen LogP contribution is -2.14. The Balaban J connectivity index is 2.00. The molecule has 6 heteroatoms. The number of hydrogen-bond acceptors (Lipinski definition) is 4. The standard InChI is InChI=1S/C13H13BrN2O2S/c1-8-15-10(7-19-8)6-13(17)16-9-3-4-12(18-2)11(14)5-9/h3-5,7H,6H2,1-2H3,(H,16,17). The van der Waals surface area contributed by atoms with Crippen LogP contribution in [-0.2, 0) is 11.2 Å². The summed E-state index contributed by atoms with van der Waals surface area (Å²) in [5.41, 5.74) is 1.53. The fraction of sp³-hybridized carbons (Fsp3) is 0.231. The van der Waals surface area contributed by atoms with E-state index in [1.54, 1.807) is 30.6 Å². The average molecular weight is 341 g/mol. The van der Waals surface area contributed by atoms with Crippen molar-refractivity contribution in [3.8, 4) is 5.75 Å². The van der Waals surface area contributed by atoms with Crippen LogP contribution in [0.3, 0.4) is 0 Å². The molecule has 1 amide bonds. The minimum Gasteiger partial charge on any atom is -0.496 e. The second-order valence-electron chi connectivity index (χ2n) is 3.93. The number of aryl methyl sites for hydroxylation is 1. The molecule has 0 atom stereocenters. The van der Waals surface area contributed by atoms with Crippen molar-refractivity contribution in [1.82, 2.24) is 4.98 Å². The number of hydrogen-bond donors (Lipinski definition) is 1. The number of aromatic nitrogens is 1. The third-order valence-corrected chi connectivity index (χ3v) is 3.89. The van der Waals surface area contributed by atoms with Gasteiger partial charge >= 0.3 is 0 Å². The Hall–Kier alpha value is -1.40. The van der Waals surface area contributed by atoms with Gasteiger partial charge in [-0.15, -0.1) is 11.3 Å². The largest absolute Gasteiger partial charge is 0.496 e. The van der Waals surface area contributed by atoms with E-state index in [1.165, 1.54) is 0 Å². The van der Waals surface area contributed by atoms with Gasteiger partial charge in [0.05, 0.1) is 28.7 Å². The van der Waals surface area contributed by atoms with Crippen LogP contribution in [0.5, 0.6) is 5.75 Å². The van der Waals surface area contributed by atoms with E-state index in [4.69, 9.17) is 4.74 Å². The molecule has 0 aliphatic rings. The predicted octanol–water partition coefficient (Wildman–Crippen LogP) is 3.40. The average Bonchev–Trinajstić information content (AvgIpc) is 2.74. The number of benzene rings is 1. The first kappa shape index (κ1) is 14.0. The molecule has 0 saturated carbocycles. The van der Waals surface area contributed by atoms with Crippen molar-refractivity contribution in [2.24, 2.45) is 0 Å². The zero-order valence-corrected chi connectivity index (χ0v) is 13.0. The summed E-state index contributed by atoms with van der Waals surface area (Å²) >= 11 is 4.93. The van der Waals surface area contributed by atoms with E-state index < -0.39 is 0 Å². The Morgan fingerprint density at radius 2 is 2.32 bits per heavy atom. The van der Waals surface area contributed by atoms with E-state index in [1.807, 2.05) is 18.4 Å². The molecule has 0 saturated heterocycles. The third-order valence-electron chi connectivity index (χ3n) is 2.44. The monoisotopic (exact) mass is 340 g/mol. The van der Waals surface area contributed by atoms with Crippen molar-refractivity contribution in [3.63, 3.8) is 0 Å². The van der Waals surface area contributed by atoms with Crippen LogP contribution >= 0.6 is 27.3 Å². The summed E-state index contributed by atoms with van der Waals surface area (Å²) in [6.45, 7) is 1.92. The van der Waals surface area contributed by atoms with Gasteiger partial charge in [-0.05, 0) is 41.1 Å². The number of carbonyl (C=O) groups is 1.